The van der Waals surface area contributed by atoms with Crippen LogP contribution in [0.5, 0.6) is 17.2 Å². The fourth-order valence-corrected chi connectivity index (χ4v) is 2.13. The largest absolute Gasteiger partial charge is 0.454 e. The van der Waals surface area contributed by atoms with Gasteiger partial charge < -0.3 is 18.9 Å². The molecule has 134 valence electrons. The molecule has 0 aromatic heterocycles. The van der Waals surface area contributed by atoms with E-state index < -0.39 is 12.1 Å². The molecule has 26 heavy (non-hydrogen) atoms. The van der Waals surface area contributed by atoms with Gasteiger partial charge in [-0.1, -0.05) is 0 Å². The first-order valence-electron chi connectivity index (χ1n) is 7.83. The van der Waals surface area contributed by atoms with Crippen molar-refractivity contribution in [2.24, 2.45) is 5.10 Å². The zero-order valence-corrected chi connectivity index (χ0v) is 13.9. The van der Waals surface area contributed by atoms with Gasteiger partial charge in [-0.25, -0.2) is 15.0 Å². The Bertz CT molecular complexity index is 832. The third-order valence-electron chi connectivity index (χ3n) is 3.34. The molecule has 0 fully saturated rings. The molecule has 0 aliphatic carbocycles. The summed E-state index contributed by atoms with van der Waals surface area (Å²) in [5, 5.41) is 3.75. The molecule has 3 rings (SSSR count). The molecule has 0 saturated heterocycles. The molecule has 1 heterocycles. The van der Waals surface area contributed by atoms with Gasteiger partial charge in [-0.15, -0.1) is 0 Å². The Labute approximate surface area is 149 Å². The van der Waals surface area contributed by atoms with Gasteiger partial charge in [0, 0.05) is 0 Å². The van der Waals surface area contributed by atoms with E-state index >= 15 is 0 Å². The molecule has 0 spiro atoms. The molecule has 1 amide bonds. The highest BCUT2D eigenvalue weighted by atomic mass is 16.7. The van der Waals surface area contributed by atoms with E-state index in [2.05, 4.69) is 15.3 Å². The lowest BCUT2D eigenvalue weighted by Crippen LogP contribution is -2.18. The molecule has 8 nitrogen and oxygen atoms in total. The van der Waals surface area contributed by atoms with Crippen LogP contribution in [0.2, 0.25) is 0 Å². The predicted molar refractivity (Wildman–Crippen MR) is 91.7 cm³/mol. The lowest BCUT2D eigenvalue weighted by Gasteiger charge is -2.05. The number of ether oxygens (including phenoxy) is 4. The van der Waals surface area contributed by atoms with Gasteiger partial charge in [0.05, 0.1) is 18.4 Å². The summed E-state index contributed by atoms with van der Waals surface area (Å²) in [5.74, 6) is 0.985. The number of nitrogens with zero attached hydrogens (tertiary/aromatic N) is 1. The van der Waals surface area contributed by atoms with Crippen molar-refractivity contribution in [1.82, 2.24) is 5.43 Å². The topological polar surface area (TPSA) is 95.5 Å². The lowest BCUT2D eigenvalue weighted by atomic mass is 10.2. The lowest BCUT2D eigenvalue weighted by molar-refractivity contribution is 0.0734. The van der Waals surface area contributed by atoms with Crippen LogP contribution in [0.4, 0.5) is 4.79 Å². The normalized spacial score (nSPS) is 12.0. The van der Waals surface area contributed by atoms with Crippen molar-refractivity contribution in [2.75, 3.05) is 13.4 Å². The molecule has 1 aliphatic heterocycles. The van der Waals surface area contributed by atoms with Gasteiger partial charge in [0.15, 0.2) is 11.5 Å². The second kappa shape index (κ2) is 8.02. The number of rotatable bonds is 5. The predicted octanol–water partition coefficient (Wildman–Crippen LogP) is 2.71. The monoisotopic (exact) mass is 356 g/mol. The summed E-state index contributed by atoms with van der Waals surface area (Å²) in [6.07, 6.45) is 0.818. The summed E-state index contributed by atoms with van der Waals surface area (Å²) >= 11 is 0. The SMILES string of the molecule is CCOC(=O)N/N=C/c1ccc(OC(=O)c2ccc3c(c2)OCO3)cc1. The fraction of sp³-hybridized carbons (Fsp3) is 0.167. The summed E-state index contributed by atoms with van der Waals surface area (Å²) in [5.41, 5.74) is 3.29. The van der Waals surface area contributed by atoms with Crippen molar-refractivity contribution >= 4 is 18.3 Å². The molecule has 1 aliphatic rings. The van der Waals surface area contributed by atoms with E-state index in [0.29, 0.717) is 28.4 Å². The molecular weight excluding hydrogens is 340 g/mol. The second-order valence-corrected chi connectivity index (χ2v) is 5.12. The molecule has 0 saturated carbocycles. The Morgan fingerprint density at radius 3 is 2.69 bits per heavy atom. The first kappa shape index (κ1) is 17.3. The highest BCUT2D eigenvalue weighted by Gasteiger charge is 2.17. The molecule has 1 N–H and O–H groups in total. The third-order valence-corrected chi connectivity index (χ3v) is 3.34. The van der Waals surface area contributed by atoms with Crippen LogP contribution in [0.15, 0.2) is 47.6 Å². The maximum Gasteiger partial charge on any atom is 0.427 e. The van der Waals surface area contributed by atoms with Crippen LogP contribution in [0.25, 0.3) is 0 Å². The maximum absolute atomic E-state index is 12.2. The summed E-state index contributed by atoms with van der Waals surface area (Å²) in [6, 6.07) is 11.5. The van der Waals surface area contributed by atoms with Gasteiger partial charge in [-0.3, -0.25) is 0 Å². The van der Waals surface area contributed by atoms with E-state index in [-0.39, 0.29) is 13.4 Å². The van der Waals surface area contributed by atoms with Crippen molar-refractivity contribution in [3.8, 4) is 17.2 Å². The van der Waals surface area contributed by atoms with Crippen molar-refractivity contribution in [1.29, 1.82) is 0 Å². The zero-order chi connectivity index (χ0) is 18.4. The van der Waals surface area contributed by atoms with Gasteiger partial charge >= 0.3 is 12.1 Å². The van der Waals surface area contributed by atoms with E-state index in [1.165, 1.54) is 6.21 Å². The Morgan fingerprint density at radius 2 is 1.92 bits per heavy atom. The van der Waals surface area contributed by atoms with Crippen LogP contribution in [-0.2, 0) is 4.74 Å². The number of benzene rings is 2. The van der Waals surface area contributed by atoms with Gasteiger partial charge in [-0.2, -0.15) is 5.10 Å². The van der Waals surface area contributed by atoms with Crippen LogP contribution in [-0.4, -0.2) is 31.7 Å². The van der Waals surface area contributed by atoms with Gasteiger partial charge in [0.2, 0.25) is 6.79 Å². The van der Waals surface area contributed by atoms with Crippen LogP contribution in [0.3, 0.4) is 0 Å². The molecule has 0 atom stereocenters. The number of amides is 1. The van der Waals surface area contributed by atoms with E-state index in [4.69, 9.17) is 14.2 Å². The summed E-state index contributed by atoms with van der Waals surface area (Å²) in [4.78, 5) is 23.3. The maximum atomic E-state index is 12.2. The molecule has 0 bridgehead atoms. The number of fused-ring (bicyclic) bond motifs is 1. The molecule has 2 aromatic carbocycles. The highest BCUT2D eigenvalue weighted by molar-refractivity contribution is 5.92. The summed E-state index contributed by atoms with van der Waals surface area (Å²) in [6.45, 7) is 2.11. The van der Waals surface area contributed by atoms with E-state index in [1.807, 2.05) is 0 Å². The minimum absolute atomic E-state index is 0.141. The van der Waals surface area contributed by atoms with Crippen LogP contribution in [0, 0.1) is 0 Å². The van der Waals surface area contributed by atoms with Crippen molar-refractivity contribution in [2.45, 2.75) is 6.92 Å². The Kier molecular flexibility index (Phi) is 5.33. The van der Waals surface area contributed by atoms with Gasteiger partial charge in [0.1, 0.15) is 5.75 Å². The molecule has 2 aromatic rings. The van der Waals surface area contributed by atoms with Crippen molar-refractivity contribution < 1.29 is 28.5 Å². The number of hydrogen-bond acceptors (Lipinski definition) is 7. The van der Waals surface area contributed by atoms with E-state index in [1.54, 1.807) is 49.4 Å². The molecule has 0 unspecified atom stereocenters. The van der Waals surface area contributed by atoms with Crippen molar-refractivity contribution in [3.05, 3.63) is 53.6 Å². The molecule has 8 heteroatoms. The van der Waals surface area contributed by atoms with Gasteiger partial charge in [-0.05, 0) is 55.0 Å². The minimum Gasteiger partial charge on any atom is -0.454 e. The molecule has 0 radical (unpaired) electrons. The highest BCUT2D eigenvalue weighted by Crippen LogP contribution is 2.32. The average molecular weight is 356 g/mol. The number of nitrogens with one attached hydrogen (secondary N) is 1. The zero-order valence-electron chi connectivity index (χ0n) is 13.9. The second-order valence-electron chi connectivity index (χ2n) is 5.12. The van der Waals surface area contributed by atoms with Crippen LogP contribution in [0.1, 0.15) is 22.8 Å². The number of carbonyl (C=O) groups excluding carboxylic acids is 2. The van der Waals surface area contributed by atoms with Crippen LogP contribution < -0.4 is 19.6 Å². The third kappa shape index (κ3) is 4.29. The Morgan fingerprint density at radius 1 is 1.15 bits per heavy atom. The summed E-state index contributed by atoms with van der Waals surface area (Å²) < 4.78 is 20.4. The first-order chi connectivity index (χ1) is 12.7. The van der Waals surface area contributed by atoms with Crippen LogP contribution >= 0.6 is 0 Å². The Hall–Kier alpha value is -3.55. The smallest absolute Gasteiger partial charge is 0.427 e. The fourth-order valence-electron chi connectivity index (χ4n) is 2.13. The van der Waals surface area contributed by atoms with Crippen molar-refractivity contribution in [3.63, 3.8) is 0 Å². The quantitative estimate of drug-likeness (QED) is 0.383. The average Bonchev–Trinajstić information content (AvgIpc) is 3.11. The Balaban J connectivity index is 1.58. The minimum atomic E-state index is -0.627. The van der Waals surface area contributed by atoms with E-state index in [9.17, 15) is 9.59 Å². The molecular formula is C18H16N2O6. The summed E-state index contributed by atoms with van der Waals surface area (Å²) in [7, 11) is 0. The number of carbonyl (C=O) groups is 2. The number of hydrazone groups is 1. The number of hydrogen-bond donors (Lipinski definition) is 1. The van der Waals surface area contributed by atoms with Gasteiger partial charge in [0.25, 0.3) is 0 Å². The standard InChI is InChI=1S/C18H16N2O6/c1-2-23-18(22)20-19-10-12-3-6-14(7-4-12)26-17(21)13-5-8-15-16(9-13)25-11-24-15/h3-10H,2,11H2,1H3,(H,20,22)/b19-10+. The first-order valence-corrected chi connectivity index (χ1v) is 7.83. The number of esters is 1. The van der Waals surface area contributed by atoms with E-state index in [0.717, 1.165) is 0 Å².